The van der Waals surface area contributed by atoms with Crippen LogP contribution in [0.4, 0.5) is 5.69 Å². The second kappa shape index (κ2) is 5.00. The van der Waals surface area contributed by atoms with Crippen molar-refractivity contribution in [1.29, 1.82) is 0 Å². The van der Waals surface area contributed by atoms with Crippen molar-refractivity contribution in [2.75, 3.05) is 12.4 Å². The van der Waals surface area contributed by atoms with Crippen LogP contribution in [0.5, 0.6) is 5.75 Å². The number of hydrogen-bond acceptors (Lipinski definition) is 3. The van der Waals surface area contributed by atoms with E-state index in [4.69, 9.17) is 22.1 Å². The zero-order chi connectivity index (χ0) is 11.4. The van der Waals surface area contributed by atoms with Crippen LogP contribution in [0.2, 0.25) is 5.02 Å². The van der Waals surface area contributed by atoms with Gasteiger partial charge in [-0.15, -0.1) is 0 Å². The number of benzene rings is 1. The van der Waals surface area contributed by atoms with E-state index in [0.717, 1.165) is 0 Å². The molecule has 0 radical (unpaired) electrons. The van der Waals surface area contributed by atoms with Crippen molar-refractivity contribution in [2.24, 2.45) is 5.73 Å². The Balaban J connectivity index is 3.26. The largest absolute Gasteiger partial charge is 0.495 e. The van der Waals surface area contributed by atoms with Gasteiger partial charge >= 0.3 is 0 Å². The predicted octanol–water partition coefficient (Wildman–Crippen LogP) is 1.77. The monoisotopic (exact) mass is 228 g/mol. The van der Waals surface area contributed by atoms with Gasteiger partial charge in [0.15, 0.2) is 0 Å². The van der Waals surface area contributed by atoms with Crippen LogP contribution < -0.4 is 15.8 Å². The lowest BCUT2D eigenvalue weighted by molar-refractivity contribution is -0.114. The lowest BCUT2D eigenvalue weighted by Crippen LogP contribution is -2.11. The highest BCUT2D eigenvalue weighted by atomic mass is 35.5. The van der Waals surface area contributed by atoms with Crippen LogP contribution in [0.15, 0.2) is 12.1 Å². The fraction of sp³-hybridized carbons (Fsp3) is 0.300. The topological polar surface area (TPSA) is 64.3 Å². The fourth-order valence-electron chi connectivity index (χ4n) is 1.28. The molecule has 5 heteroatoms. The molecule has 0 aliphatic rings. The molecule has 0 spiro atoms. The molecular weight excluding hydrogens is 216 g/mol. The molecule has 1 aromatic rings. The third-order valence-corrected chi connectivity index (χ3v) is 2.30. The lowest BCUT2D eigenvalue weighted by Gasteiger charge is -2.14. The van der Waals surface area contributed by atoms with Crippen molar-refractivity contribution < 1.29 is 9.53 Å². The van der Waals surface area contributed by atoms with Gasteiger partial charge in [0.05, 0.1) is 12.8 Å². The van der Waals surface area contributed by atoms with Crippen LogP contribution in [-0.2, 0) is 11.3 Å². The summed E-state index contributed by atoms with van der Waals surface area (Å²) in [7, 11) is 1.52. The first-order chi connectivity index (χ1) is 7.10. The SMILES string of the molecule is COc1ccc(Cl)c(CN)c1NC(C)=O. The number of ether oxygens (including phenoxy) is 1. The van der Waals surface area contributed by atoms with Gasteiger partial charge in [-0.3, -0.25) is 4.79 Å². The number of nitrogens with two attached hydrogens (primary N) is 1. The number of carbonyl (C=O) groups is 1. The van der Waals surface area contributed by atoms with Crippen molar-refractivity contribution in [2.45, 2.75) is 13.5 Å². The van der Waals surface area contributed by atoms with Crippen LogP contribution in [0.25, 0.3) is 0 Å². The molecule has 0 aromatic heterocycles. The average Bonchev–Trinajstić information content (AvgIpc) is 2.18. The molecule has 1 rings (SSSR count). The van der Waals surface area contributed by atoms with Crippen molar-refractivity contribution in [3.63, 3.8) is 0 Å². The minimum absolute atomic E-state index is 0.190. The summed E-state index contributed by atoms with van der Waals surface area (Å²) < 4.78 is 5.11. The highest BCUT2D eigenvalue weighted by Gasteiger charge is 2.12. The van der Waals surface area contributed by atoms with Gasteiger partial charge in [-0.05, 0) is 12.1 Å². The van der Waals surface area contributed by atoms with Crippen LogP contribution in [-0.4, -0.2) is 13.0 Å². The summed E-state index contributed by atoms with van der Waals surface area (Å²) in [6.07, 6.45) is 0. The summed E-state index contributed by atoms with van der Waals surface area (Å²) in [6.45, 7) is 1.66. The van der Waals surface area contributed by atoms with Crippen molar-refractivity contribution >= 4 is 23.2 Å². The molecule has 1 amide bonds. The molecule has 0 saturated carbocycles. The lowest BCUT2D eigenvalue weighted by atomic mass is 10.1. The maximum atomic E-state index is 11.0. The van der Waals surface area contributed by atoms with Gasteiger partial charge in [-0.1, -0.05) is 11.6 Å². The maximum absolute atomic E-state index is 11.0. The molecule has 15 heavy (non-hydrogen) atoms. The van der Waals surface area contributed by atoms with Gasteiger partial charge in [-0.2, -0.15) is 0 Å². The Labute approximate surface area is 93.4 Å². The van der Waals surface area contributed by atoms with Crippen molar-refractivity contribution in [1.82, 2.24) is 0 Å². The van der Waals surface area contributed by atoms with Crippen LogP contribution >= 0.6 is 11.6 Å². The molecule has 0 bridgehead atoms. The minimum atomic E-state index is -0.190. The maximum Gasteiger partial charge on any atom is 0.221 e. The smallest absolute Gasteiger partial charge is 0.221 e. The van der Waals surface area contributed by atoms with Crippen LogP contribution in [0.1, 0.15) is 12.5 Å². The fourth-order valence-corrected chi connectivity index (χ4v) is 1.52. The quantitative estimate of drug-likeness (QED) is 0.829. The summed E-state index contributed by atoms with van der Waals surface area (Å²) in [5.74, 6) is 0.361. The van der Waals surface area contributed by atoms with Crippen LogP contribution in [0.3, 0.4) is 0 Å². The van der Waals surface area contributed by atoms with E-state index in [1.807, 2.05) is 0 Å². The Morgan fingerprint density at radius 1 is 1.60 bits per heavy atom. The third kappa shape index (κ3) is 2.61. The van der Waals surface area contributed by atoms with Crippen molar-refractivity contribution in [3.8, 4) is 5.75 Å². The van der Waals surface area contributed by atoms with E-state index in [1.165, 1.54) is 14.0 Å². The molecule has 0 heterocycles. The van der Waals surface area contributed by atoms with Crippen LogP contribution in [0, 0.1) is 0 Å². The van der Waals surface area contributed by atoms with Gasteiger partial charge in [0, 0.05) is 24.1 Å². The first kappa shape index (κ1) is 11.8. The second-order valence-corrected chi connectivity index (χ2v) is 3.40. The van der Waals surface area contributed by atoms with Gasteiger partial charge in [0.1, 0.15) is 5.75 Å². The predicted molar refractivity (Wildman–Crippen MR) is 60.2 cm³/mol. The Morgan fingerprint density at radius 2 is 2.27 bits per heavy atom. The van der Waals surface area contributed by atoms with E-state index >= 15 is 0 Å². The Kier molecular flexibility index (Phi) is 3.94. The number of carbonyl (C=O) groups excluding carboxylic acids is 1. The molecular formula is C10H13ClN2O2. The number of halogens is 1. The normalized spacial score (nSPS) is 9.87. The average molecular weight is 229 g/mol. The molecule has 0 atom stereocenters. The van der Waals surface area contributed by atoms with Gasteiger partial charge in [0.2, 0.25) is 5.91 Å². The van der Waals surface area contributed by atoms with Gasteiger partial charge < -0.3 is 15.8 Å². The summed E-state index contributed by atoms with van der Waals surface area (Å²) in [5, 5.41) is 3.17. The zero-order valence-corrected chi connectivity index (χ0v) is 9.39. The highest BCUT2D eigenvalue weighted by molar-refractivity contribution is 6.32. The molecule has 1 aromatic carbocycles. The second-order valence-electron chi connectivity index (χ2n) is 2.99. The molecule has 0 aliphatic heterocycles. The number of nitrogens with one attached hydrogen (secondary N) is 1. The standard InChI is InChI=1S/C10H13ClN2O2/c1-6(14)13-10-7(5-12)8(11)3-4-9(10)15-2/h3-4H,5,12H2,1-2H3,(H,13,14). The zero-order valence-electron chi connectivity index (χ0n) is 8.63. The first-order valence-corrected chi connectivity index (χ1v) is 4.81. The van der Waals surface area contributed by atoms with E-state index in [9.17, 15) is 4.79 Å². The van der Waals surface area contributed by atoms with E-state index in [-0.39, 0.29) is 12.5 Å². The number of anilines is 1. The number of amides is 1. The summed E-state index contributed by atoms with van der Waals surface area (Å²) in [4.78, 5) is 11.0. The van der Waals surface area contributed by atoms with E-state index < -0.39 is 0 Å². The van der Waals surface area contributed by atoms with Gasteiger partial charge in [0.25, 0.3) is 0 Å². The van der Waals surface area contributed by atoms with Crippen molar-refractivity contribution in [3.05, 3.63) is 22.7 Å². The van der Waals surface area contributed by atoms with E-state index in [2.05, 4.69) is 5.32 Å². The highest BCUT2D eigenvalue weighted by Crippen LogP contribution is 2.33. The number of methoxy groups -OCH3 is 1. The van der Waals surface area contributed by atoms with E-state index in [1.54, 1.807) is 12.1 Å². The molecule has 0 saturated heterocycles. The Hall–Kier alpha value is -1.26. The molecule has 4 nitrogen and oxygen atoms in total. The Morgan fingerprint density at radius 3 is 2.73 bits per heavy atom. The minimum Gasteiger partial charge on any atom is -0.495 e. The first-order valence-electron chi connectivity index (χ1n) is 4.43. The molecule has 0 unspecified atom stereocenters. The third-order valence-electron chi connectivity index (χ3n) is 1.94. The summed E-state index contributed by atoms with van der Waals surface area (Å²) in [6, 6.07) is 3.38. The molecule has 82 valence electrons. The van der Waals surface area contributed by atoms with Gasteiger partial charge in [-0.25, -0.2) is 0 Å². The summed E-state index contributed by atoms with van der Waals surface area (Å²) in [5.41, 5.74) is 6.77. The molecule has 0 aliphatic carbocycles. The van der Waals surface area contributed by atoms with E-state index in [0.29, 0.717) is 22.0 Å². The number of rotatable bonds is 3. The number of hydrogen-bond donors (Lipinski definition) is 2. The molecule has 3 N–H and O–H groups in total. The summed E-state index contributed by atoms with van der Waals surface area (Å²) >= 11 is 5.96. The molecule has 0 fully saturated rings. The Bertz CT molecular complexity index is 380.